The highest BCUT2D eigenvalue weighted by Crippen LogP contribution is 2.34. The largest absolute Gasteiger partial charge is 0.492 e. The Labute approximate surface area is 132 Å². The van der Waals surface area contributed by atoms with Crippen molar-refractivity contribution >= 4 is 21.8 Å². The summed E-state index contributed by atoms with van der Waals surface area (Å²) in [5.41, 5.74) is 2.09. The van der Waals surface area contributed by atoms with Crippen molar-refractivity contribution in [2.24, 2.45) is 0 Å². The zero-order valence-corrected chi connectivity index (χ0v) is 13.3. The number of likely N-dealkylation sites (N-methyl/N-ethyl adjacent to an activating group) is 1. The third-order valence-electron chi connectivity index (χ3n) is 3.68. The van der Waals surface area contributed by atoms with Crippen LogP contribution in [0.4, 0.5) is 0 Å². The minimum Gasteiger partial charge on any atom is -0.492 e. The molecule has 0 fully saturated rings. The minimum absolute atomic E-state index is 0.0972. The number of ether oxygens (including phenoxy) is 1. The van der Waals surface area contributed by atoms with Crippen LogP contribution in [0.1, 0.15) is 17.0 Å². The topological polar surface area (TPSA) is 29.5 Å². The molecule has 0 spiro atoms. The molecule has 0 bridgehead atoms. The second-order valence-corrected chi connectivity index (χ2v) is 6.14. The Morgan fingerprint density at radius 2 is 2.10 bits per heavy atom. The van der Waals surface area contributed by atoms with Crippen molar-refractivity contribution in [1.82, 2.24) is 4.90 Å². The molecule has 1 amide bonds. The maximum absolute atomic E-state index is 12.6. The molecule has 4 heteroatoms. The number of carbonyl (C=O) groups is 1. The first-order chi connectivity index (χ1) is 10.1. The zero-order chi connectivity index (χ0) is 14.8. The van der Waals surface area contributed by atoms with Crippen LogP contribution in [0.25, 0.3) is 0 Å². The van der Waals surface area contributed by atoms with E-state index in [0.29, 0.717) is 13.2 Å². The Morgan fingerprint density at radius 3 is 2.90 bits per heavy atom. The molecule has 0 saturated heterocycles. The first kappa shape index (κ1) is 14.1. The molecule has 0 aromatic heterocycles. The number of carbonyl (C=O) groups excluding carboxylic acids is 1. The molecule has 21 heavy (non-hydrogen) atoms. The van der Waals surface area contributed by atoms with E-state index in [1.54, 1.807) is 4.90 Å². The fourth-order valence-electron chi connectivity index (χ4n) is 2.62. The lowest BCUT2D eigenvalue weighted by atomic mass is 10.00. The van der Waals surface area contributed by atoms with Gasteiger partial charge in [-0.1, -0.05) is 46.3 Å². The van der Waals surface area contributed by atoms with Gasteiger partial charge in [0.05, 0.1) is 0 Å². The van der Waals surface area contributed by atoms with Gasteiger partial charge in [0.15, 0.2) is 0 Å². The van der Waals surface area contributed by atoms with Crippen molar-refractivity contribution in [2.75, 3.05) is 13.7 Å². The van der Waals surface area contributed by atoms with Gasteiger partial charge in [0.1, 0.15) is 18.3 Å². The van der Waals surface area contributed by atoms with E-state index in [0.717, 1.165) is 21.3 Å². The average Bonchev–Trinajstić information content (AvgIpc) is 2.90. The lowest BCUT2D eigenvalue weighted by Gasteiger charge is -2.20. The number of fused-ring (bicyclic) bond motifs is 1. The second kappa shape index (κ2) is 5.90. The van der Waals surface area contributed by atoms with Crippen molar-refractivity contribution in [3.05, 3.63) is 64.1 Å². The first-order valence-corrected chi connectivity index (χ1v) is 7.65. The van der Waals surface area contributed by atoms with Gasteiger partial charge in [0.2, 0.25) is 5.91 Å². The van der Waals surface area contributed by atoms with Crippen LogP contribution < -0.4 is 4.74 Å². The third-order valence-corrected chi connectivity index (χ3v) is 4.18. The van der Waals surface area contributed by atoms with Crippen LogP contribution in [0.3, 0.4) is 0 Å². The van der Waals surface area contributed by atoms with Crippen molar-refractivity contribution in [2.45, 2.75) is 12.5 Å². The molecular weight excluding hydrogens is 330 g/mol. The van der Waals surface area contributed by atoms with Gasteiger partial charge in [-0.05, 0) is 23.8 Å². The van der Waals surface area contributed by atoms with E-state index in [1.165, 1.54) is 0 Å². The van der Waals surface area contributed by atoms with Gasteiger partial charge >= 0.3 is 0 Å². The molecule has 1 unspecified atom stereocenters. The molecule has 1 aliphatic rings. The second-order valence-electron chi connectivity index (χ2n) is 5.23. The molecule has 1 atom stereocenters. The summed E-state index contributed by atoms with van der Waals surface area (Å²) in [6, 6.07) is 15.8. The number of para-hydroxylation sites is 1. The molecule has 0 N–H and O–H groups in total. The predicted molar refractivity (Wildman–Crippen MR) is 85.3 cm³/mol. The highest BCUT2D eigenvalue weighted by atomic mass is 79.9. The molecule has 108 valence electrons. The van der Waals surface area contributed by atoms with Crippen LogP contribution in [0.2, 0.25) is 0 Å². The van der Waals surface area contributed by atoms with Crippen LogP contribution in [-0.2, 0) is 11.3 Å². The lowest BCUT2D eigenvalue weighted by molar-refractivity contribution is -0.132. The van der Waals surface area contributed by atoms with Crippen molar-refractivity contribution < 1.29 is 9.53 Å². The normalized spacial score (nSPS) is 16.2. The summed E-state index contributed by atoms with van der Waals surface area (Å²) in [4.78, 5) is 14.4. The molecule has 0 saturated carbocycles. The van der Waals surface area contributed by atoms with Gasteiger partial charge in [-0.25, -0.2) is 0 Å². The van der Waals surface area contributed by atoms with Crippen LogP contribution in [0.5, 0.6) is 5.75 Å². The number of hydrogen-bond acceptors (Lipinski definition) is 2. The van der Waals surface area contributed by atoms with E-state index in [-0.39, 0.29) is 11.8 Å². The van der Waals surface area contributed by atoms with Crippen molar-refractivity contribution in [3.63, 3.8) is 0 Å². The van der Waals surface area contributed by atoms with Crippen LogP contribution in [-0.4, -0.2) is 24.5 Å². The van der Waals surface area contributed by atoms with Crippen molar-refractivity contribution in [1.29, 1.82) is 0 Å². The fraction of sp³-hybridized carbons (Fsp3) is 0.235. The summed E-state index contributed by atoms with van der Waals surface area (Å²) < 4.78 is 6.62. The standard InChI is InChI=1S/C17H16BrNO2/c1-19(10-12-5-4-6-13(18)9-12)17(20)15-11-21-16-8-3-2-7-14(15)16/h2-9,15H,10-11H2,1H3. The Hall–Kier alpha value is -1.81. The van der Waals surface area contributed by atoms with E-state index in [1.807, 2.05) is 55.6 Å². The van der Waals surface area contributed by atoms with E-state index < -0.39 is 0 Å². The molecule has 0 aliphatic carbocycles. The number of benzene rings is 2. The minimum atomic E-state index is -0.196. The summed E-state index contributed by atoms with van der Waals surface area (Å²) in [6.07, 6.45) is 0. The van der Waals surface area contributed by atoms with Gasteiger partial charge in [-0.3, -0.25) is 4.79 Å². The molecule has 2 aromatic carbocycles. The number of nitrogens with zero attached hydrogens (tertiary/aromatic N) is 1. The maximum atomic E-state index is 12.6. The molecule has 3 nitrogen and oxygen atoms in total. The van der Waals surface area contributed by atoms with Gasteiger partial charge in [0.25, 0.3) is 0 Å². The maximum Gasteiger partial charge on any atom is 0.233 e. The third kappa shape index (κ3) is 2.95. The highest BCUT2D eigenvalue weighted by molar-refractivity contribution is 9.10. The Kier molecular flexibility index (Phi) is 3.97. The van der Waals surface area contributed by atoms with E-state index >= 15 is 0 Å². The van der Waals surface area contributed by atoms with Crippen LogP contribution in [0.15, 0.2) is 53.0 Å². The highest BCUT2D eigenvalue weighted by Gasteiger charge is 2.31. The summed E-state index contributed by atoms with van der Waals surface area (Å²) in [5, 5.41) is 0. The SMILES string of the molecule is CN(Cc1cccc(Br)c1)C(=O)C1COc2ccccc21. The van der Waals surface area contributed by atoms with Gasteiger partial charge in [-0.15, -0.1) is 0 Å². The van der Waals surface area contributed by atoms with Gasteiger partial charge in [-0.2, -0.15) is 0 Å². The van der Waals surface area contributed by atoms with E-state index in [2.05, 4.69) is 15.9 Å². The molecule has 2 aromatic rings. The van der Waals surface area contributed by atoms with Crippen LogP contribution >= 0.6 is 15.9 Å². The Balaban J connectivity index is 1.74. The average molecular weight is 346 g/mol. The molecule has 1 heterocycles. The molecule has 0 radical (unpaired) electrons. The molecule has 3 rings (SSSR count). The molecular formula is C17H16BrNO2. The Morgan fingerprint density at radius 1 is 1.29 bits per heavy atom. The summed E-state index contributed by atoms with van der Waals surface area (Å²) >= 11 is 3.45. The van der Waals surface area contributed by atoms with Crippen LogP contribution in [0, 0.1) is 0 Å². The Bertz CT molecular complexity index is 671. The first-order valence-electron chi connectivity index (χ1n) is 6.86. The predicted octanol–water partition coefficient (Wildman–Crippen LogP) is 3.58. The number of hydrogen-bond donors (Lipinski definition) is 0. The molecule has 1 aliphatic heterocycles. The van der Waals surface area contributed by atoms with Gasteiger partial charge in [0, 0.05) is 23.6 Å². The summed E-state index contributed by atoms with van der Waals surface area (Å²) in [6.45, 7) is 1.03. The lowest BCUT2D eigenvalue weighted by Crippen LogP contribution is -2.32. The summed E-state index contributed by atoms with van der Waals surface area (Å²) in [7, 11) is 1.84. The van der Waals surface area contributed by atoms with Gasteiger partial charge < -0.3 is 9.64 Å². The van der Waals surface area contributed by atoms with Crippen molar-refractivity contribution in [3.8, 4) is 5.75 Å². The fourth-order valence-corrected chi connectivity index (χ4v) is 3.07. The van der Waals surface area contributed by atoms with E-state index in [9.17, 15) is 4.79 Å². The zero-order valence-electron chi connectivity index (χ0n) is 11.8. The smallest absolute Gasteiger partial charge is 0.233 e. The number of halogens is 1. The quantitative estimate of drug-likeness (QED) is 0.850. The number of amides is 1. The monoisotopic (exact) mass is 345 g/mol. The van der Waals surface area contributed by atoms with E-state index in [4.69, 9.17) is 4.74 Å². The number of rotatable bonds is 3. The summed E-state index contributed by atoms with van der Waals surface area (Å²) in [5.74, 6) is 0.727.